The van der Waals surface area contributed by atoms with Gasteiger partial charge in [-0.2, -0.15) is 5.09 Å². The lowest BCUT2D eigenvalue weighted by atomic mass is 10.1. The van der Waals surface area contributed by atoms with E-state index in [9.17, 15) is 14.5 Å². The summed E-state index contributed by atoms with van der Waals surface area (Å²) < 4.78 is 24.0. The number of aryl methyl sites for hydroxylation is 1. The number of aromatic nitrogens is 1. The molecule has 0 bridgehead atoms. The number of aliphatic carboxylic acids is 1. The first-order valence-corrected chi connectivity index (χ1v) is 10.1. The summed E-state index contributed by atoms with van der Waals surface area (Å²) in [6.45, 7) is 2.64. The van der Waals surface area contributed by atoms with Gasteiger partial charge in [0.25, 0.3) is 0 Å². The molecule has 0 amide bonds. The molecule has 2 atom stereocenters. The number of hydrogen-bond acceptors (Lipinski definition) is 7. The summed E-state index contributed by atoms with van der Waals surface area (Å²) in [6, 6.07) is 4.77. The van der Waals surface area contributed by atoms with Crippen molar-refractivity contribution < 1.29 is 28.6 Å². The topological polar surface area (TPSA) is 144 Å². The van der Waals surface area contributed by atoms with Crippen molar-refractivity contribution in [3.8, 4) is 11.5 Å². The molecule has 152 valence electrons. The van der Waals surface area contributed by atoms with Crippen molar-refractivity contribution in [1.29, 1.82) is 0 Å². The molecule has 1 aromatic heterocycles. The summed E-state index contributed by atoms with van der Waals surface area (Å²) in [5.74, 6) is -1.15. The molecule has 5 N–H and O–H groups in total. The van der Waals surface area contributed by atoms with Crippen molar-refractivity contribution >= 4 is 25.3 Å². The maximum atomic E-state index is 13.1. The third-order valence-corrected chi connectivity index (χ3v) is 5.66. The third kappa shape index (κ3) is 5.67. The van der Waals surface area contributed by atoms with Crippen molar-refractivity contribution in [2.75, 3.05) is 0 Å². The first-order chi connectivity index (χ1) is 13.1. The number of pyridine rings is 1. The molecule has 9 nitrogen and oxygen atoms in total. The number of benzene rings is 1. The molecule has 0 fully saturated rings. The smallest absolute Gasteiger partial charge is 0.459 e. The molecule has 0 saturated heterocycles. The van der Waals surface area contributed by atoms with E-state index in [-0.39, 0.29) is 24.7 Å². The summed E-state index contributed by atoms with van der Waals surface area (Å²) in [7, 11) is -4.11. The predicted molar refractivity (Wildman–Crippen MR) is 103 cm³/mol. The number of carboxylic acid groups (broad SMARTS) is 1. The van der Waals surface area contributed by atoms with Gasteiger partial charge in [-0.1, -0.05) is 11.6 Å². The highest BCUT2D eigenvalue weighted by Crippen LogP contribution is 2.46. The highest BCUT2D eigenvalue weighted by Gasteiger charge is 2.32. The van der Waals surface area contributed by atoms with E-state index in [4.69, 9.17) is 31.5 Å². The van der Waals surface area contributed by atoms with Crippen molar-refractivity contribution in [3.05, 3.63) is 52.3 Å². The van der Waals surface area contributed by atoms with Gasteiger partial charge in [-0.3, -0.25) is 14.3 Å². The summed E-state index contributed by atoms with van der Waals surface area (Å²) in [4.78, 5) is 15.2. The van der Waals surface area contributed by atoms with Crippen LogP contribution >= 0.6 is 19.3 Å². The maximum absolute atomic E-state index is 13.1. The van der Waals surface area contributed by atoms with Crippen molar-refractivity contribution in [1.82, 2.24) is 10.1 Å². The molecular weight excluding hydrogens is 409 g/mol. The zero-order valence-corrected chi connectivity index (χ0v) is 16.9. The van der Waals surface area contributed by atoms with E-state index in [0.717, 1.165) is 0 Å². The van der Waals surface area contributed by atoms with Crippen LogP contribution in [0.1, 0.15) is 23.7 Å². The van der Waals surface area contributed by atoms with Crippen molar-refractivity contribution in [3.63, 3.8) is 0 Å². The fourth-order valence-corrected chi connectivity index (χ4v) is 3.81. The fraction of sp³-hybridized carbons (Fsp3) is 0.294. The molecule has 0 spiro atoms. The largest absolute Gasteiger partial charge is 0.506 e. The lowest BCUT2D eigenvalue weighted by Crippen LogP contribution is -2.33. The molecule has 2 rings (SSSR count). The molecular formula is C17H21ClN3O6P. The number of carboxylic acids is 1. The minimum absolute atomic E-state index is 0.00911. The van der Waals surface area contributed by atoms with E-state index in [1.54, 1.807) is 6.92 Å². The molecule has 0 radical (unpaired) electrons. The van der Waals surface area contributed by atoms with Crippen LogP contribution < -0.4 is 15.3 Å². The van der Waals surface area contributed by atoms with Gasteiger partial charge in [0.05, 0.1) is 12.3 Å². The van der Waals surface area contributed by atoms with Gasteiger partial charge in [0.1, 0.15) is 17.5 Å². The zero-order valence-electron chi connectivity index (χ0n) is 15.3. The van der Waals surface area contributed by atoms with Crippen LogP contribution in [-0.4, -0.2) is 27.2 Å². The summed E-state index contributed by atoms with van der Waals surface area (Å²) in [5, 5.41) is 22.0. The predicted octanol–water partition coefficient (Wildman–Crippen LogP) is 2.97. The molecule has 0 aliphatic rings. The standard InChI is InChI=1S/C17H21ClN3O6P/c1-10-16(22)15(7-19)12(8-20-10)9-26-28(25,21-11(2)17(23)24)27-14-5-3-13(18)4-6-14/h3-6,8,11,22H,7,9,19H2,1-2H3,(H,21,25)(H,23,24). The number of carbonyl (C=O) groups is 1. The third-order valence-electron chi connectivity index (χ3n) is 3.79. The molecule has 0 aliphatic carbocycles. The Labute approximate surface area is 167 Å². The number of aromatic hydroxyl groups is 1. The Morgan fingerprint density at radius 1 is 1.39 bits per heavy atom. The van der Waals surface area contributed by atoms with Crippen LogP contribution in [0.15, 0.2) is 30.5 Å². The molecule has 1 aromatic carbocycles. The van der Waals surface area contributed by atoms with Gasteiger partial charge in [-0.05, 0) is 38.1 Å². The quantitative estimate of drug-likeness (QED) is 0.442. The van der Waals surface area contributed by atoms with Crippen molar-refractivity contribution in [2.24, 2.45) is 5.73 Å². The van der Waals surface area contributed by atoms with Gasteiger partial charge in [-0.15, -0.1) is 0 Å². The minimum atomic E-state index is -4.11. The van der Waals surface area contributed by atoms with Crippen molar-refractivity contribution in [2.45, 2.75) is 33.0 Å². The van der Waals surface area contributed by atoms with Gasteiger partial charge in [0, 0.05) is 28.9 Å². The van der Waals surface area contributed by atoms with E-state index in [2.05, 4.69) is 10.1 Å². The highest BCUT2D eigenvalue weighted by atomic mass is 35.5. The average molecular weight is 430 g/mol. The van der Waals surface area contributed by atoms with E-state index < -0.39 is 19.8 Å². The van der Waals surface area contributed by atoms with Crippen LogP contribution in [0.5, 0.6) is 11.5 Å². The highest BCUT2D eigenvalue weighted by molar-refractivity contribution is 7.52. The minimum Gasteiger partial charge on any atom is -0.506 e. The van der Waals surface area contributed by atoms with Gasteiger partial charge in [-0.25, -0.2) is 4.57 Å². The number of rotatable bonds is 9. The van der Waals surface area contributed by atoms with Crippen LogP contribution in [0.3, 0.4) is 0 Å². The number of hydrogen-bond donors (Lipinski definition) is 4. The Bertz CT molecular complexity index is 893. The van der Waals surface area contributed by atoms with Gasteiger partial charge in [0.2, 0.25) is 0 Å². The lowest BCUT2D eigenvalue weighted by Gasteiger charge is -2.22. The summed E-state index contributed by atoms with van der Waals surface area (Å²) in [5.41, 5.74) is 6.84. The first-order valence-electron chi connectivity index (χ1n) is 8.22. The van der Waals surface area contributed by atoms with Crippen LogP contribution in [0.25, 0.3) is 0 Å². The maximum Gasteiger partial charge on any atom is 0.459 e. The monoisotopic (exact) mass is 429 g/mol. The molecule has 0 aliphatic heterocycles. The molecule has 1 heterocycles. The second kappa shape index (κ2) is 9.36. The average Bonchev–Trinajstić information content (AvgIpc) is 2.64. The zero-order chi connectivity index (χ0) is 20.9. The van der Waals surface area contributed by atoms with Gasteiger partial charge < -0.3 is 20.5 Å². The second-order valence-electron chi connectivity index (χ2n) is 5.91. The Balaban J connectivity index is 2.27. The molecule has 28 heavy (non-hydrogen) atoms. The Morgan fingerprint density at radius 2 is 2.04 bits per heavy atom. The number of halogens is 1. The fourth-order valence-electron chi connectivity index (χ4n) is 2.21. The molecule has 2 aromatic rings. The first kappa shape index (κ1) is 22.1. The SMILES string of the molecule is Cc1ncc(COP(=O)(NC(C)C(=O)O)Oc2ccc(Cl)cc2)c(CN)c1O. The summed E-state index contributed by atoms with van der Waals surface area (Å²) in [6.07, 6.45) is 1.44. The van der Waals surface area contributed by atoms with Crippen LogP contribution in [0.2, 0.25) is 5.02 Å². The molecule has 11 heteroatoms. The van der Waals surface area contributed by atoms with E-state index in [1.807, 2.05) is 0 Å². The van der Waals surface area contributed by atoms with Crippen LogP contribution in [0, 0.1) is 6.92 Å². The second-order valence-corrected chi connectivity index (χ2v) is 8.04. The van der Waals surface area contributed by atoms with Crippen LogP contribution in [0.4, 0.5) is 0 Å². The number of nitrogens with zero attached hydrogens (tertiary/aromatic N) is 1. The Kier molecular flexibility index (Phi) is 7.40. The van der Waals surface area contributed by atoms with Gasteiger partial charge >= 0.3 is 13.7 Å². The molecule has 2 unspecified atom stereocenters. The Morgan fingerprint density at radius 3 is 2.61 bits per heavy atom. The molecule has 0 saturated carbocycles. The summed E-state index contributed by atoms with van der Waals surface area (Å²) >= 11 is 5.82. The van der Waals surface area contributed by atoms with Crippen LogP contribution in [-0.2, 0) is 27.0 Å². The van der Waals surface area contributed by atoms with Gasteiger partial charge in [0.15, 0.2) is 0 Å². The normalized spacial score (nSPS) is 14.3. The number of nitrogens with one attached hydrogen (secondary N) is 1. The number of nitrogens with two attached hydrogens (primary N) is 1. The van der Waals surface area contributed by atoms with E-state index in [0.29, 0.717) is 21.8 Å². The van der Waals surface area contributed by atoms with E-state index in [1.165, 1.54) is 37.4 Å². The Hall–Kier alpha value is -2.16. The van der Waals surface area contributed by atoms with E-state index >= 15 is 0 Å². The lowest BCUT2D eigenvalue weighted by molar-refractivity contribution is -0.138.